The van der Waals surface area contributed by atoms with Crippen LogP contribution in [0.15, 0.2) is 64.6 Å². The predicted octanol–water partition coefficient (Wildman–Crippen LogP) is 2.67. The van der Waals surface area contributed by atoms with Crippen molar-refractivity contribution in [1.82, 2.24) is 4.90 Å². The van der Waals surface area contributed by atoms with Crippen LogP contribution in [0.2, 0.25) is 0 Å². The maximum atomic E-state index is 5.49. The topological polar surface area (TPSA) is 37.2 Å². The Morgan fingerprint density at radius 2 is 1.62 bits per heavy atom. The summed E-state index contributed by atoms with van der Waals surface area (Å²) in [7, 11) is 0. The minimum atomic E-state index is 0.295. The number of fused-ring (bicyclic) bond motifs is 1. The van der Waals surface area contributed by atoms with Crippen LogP contribution in [0, 0.1) is 0 Å². The molecule has 0 N–H and O–H groups in total. The number of hydrogen-bond donors (Lipinski definition) is 0. The fourth-order valence-corrected chi connectivity index (χ4v) is 4.97. The van der Waals surface area contributed by atoms with Crippen molar-refractivity contribution in [2.75, 3.05) is 26.3 Å². The van der Waals surface area contributed by atoms with Gasteiger partial charge in [0, 0.05) is 0 Å². The Hall–Kier alpha value is -1.94. The molecule has 2 aromatic carbocycles. The van der Waals surface area contributed by atoms with E-state index in [-0.39, 0.29) is 0 Å². The van der Waals surface area contributed by atoms with Crippen molar-refractivity contribution in [1.29, 1.82) is 0 Å². The van der Waals surface area contributed by atoms with Crippen LogP contribution < -0.4 is 0 Å². The number of benzene rings is 2. The van der Waals surface area contributed by atoms with Gasteiger partial charge in [-0.15, -0.1) is 0 Å². The fourth-order valence-electron chi connectivity index (χ4n) is 2.78. The number of morpholine rings is 1. The number of amidine groups is 2. The molecule has 0 radical (unpaired) electrons. The molecular weight excluding hydrogens is 365 g/mol. The van der Waals surface area contributed by atoms with Crippen LogP contribution in [-0.2, 0) is 10.1 Å². The third-order valence-corrected chi connectivity index (χ3v) is 6.32. The van der Waals surface area contributed by atoms with Crippen molar-refractivity contribution in [3.8, 4) is 0 Å². The second-order valence-electron chi connectivity index (χ2n) is 5.71. The summed E-state index contributed by atoms with van der Waals surface area (Å²) in [6.07, 6.45) is 0. The van der Waals surface area contributed by atoms with Gasteiger partial charge in [-0.3, -0.25) is 0 Å². The monoisotopic (exact) mass is 385 g/mol. The van der Waals surface area contributed by atoms with Crippen LogP contribution in [0.1, 0.15) is 11.1 Å². The molecule has 2 aliphatic rings. The molecular formula is C19H19N3OSe. The third-order valence-electron chi connectivity index (χ3n) is 4.09. The second kappa shape index (κ2) is 7.30. The summed E-state index contributed by atoms with van der Waals surface area (Å²) in [6.45, 7) is 3.40. The first kappa shape index (κ1) is 15.6. The van der Waals surface area contributed by atoms with Crippen LogP contribution in [0.5, 0.6) is 0 Å². The van der Waals surface area contributed by atoms with Gasteiger partial charge in [0.1, 0.15) is 0 Å². The molecule has 0 spiro atoms. The molecule has 2 heterocycles. The average Bonchev–Trinajstić information content (AvgIpc) is 2.64. The summed E-state index contributed by atoms with van der Waals surface area (Å²) >= 11 is 0.295. The molecule has 24 heavy (non-hydrogen) atoms. The predicted molar refractivity (Wildman–Crippen MR) is 98.4 cm³/mol. The van der Waals surface area contributed by atoms with E-state index in [4.69, 9.17) is 14.7 Å². The Morgan fingerprint density at radius 1 is 0.875 bits per heavy atom. The number of ether oxygens (including phenoxy) is 1. The fraction of sp³-hybridized carbons (Fsp3) is 0.263. The van der Waals surface area contributed by atoms with E-state index in [9.17, 15) is 0 Å². The van der Waals surface area contributed by atoms with Gasteiger partial charge in [-0.1, -0.05) is 0 Å². The van der Waals surface area contributed by atoms with Crippen molar-refractivity contribution in [3.63, 3.8) is 0 Å². The van der Waals surface area contributed by atoms with Crippen molar-refractivity contribution in [3.05, 3.63) is 65.7 Å². The van der Waals surface area contributed by atoms with Gasteiger partial charge >= 0.3 is 148 Å². The summed E-state index contributed by atoms with van der Waals surface area (Å²) in [5, 5.41) is 1.03. The molecule has 0 bridgehead atoms. The summed E-state index contributed by atoms with van der Waals surface area (Å²) in [4.78, 5) is 12.3. The Bertz CT molecular complexity index is 767. The van der Waals surface area contributed by atoms with E-state index in [0.717, 1.165) is 48.7 Å². The van der Waals surface area contributed by atoms with Gasteiger partial charge in [0.2, 0.25) is 0 Å². The molecule has 4 nitrogen and oxygen atoms in total. The average molecular weight is 384 g/mol. The van der Waals surface area contributed by atoms with Crippen LogP contribution in [0.3, 0.4) is 0 Å². The third kappa shape index (κ3) is 3.43. The molecule has 4 rings (SSSR count). The number of hydrogen-bond acceptors (Lipinski definition) is 4. The van der Waals surface area contributed by atoms with Gasteiger partial charge in [-0.05, 0) is 0 Å². The molecule has 5 heteroatoms. The van der Waals surface area contributed by atoms with Gasteiger partial charge in [0.25, 0.3) is 0 Å². The summed E-state index contributed by atoms with van der Waals surface area (Å²) in [6, 6.07) is 18.7. The van der Waals surface area contributed by atoms with Crippen LogP contribution >= 0.6 is 0 Å². The van der Waals surface area contributed by atoms with E-state index in [2.05, 4.69) is 35.2 Å². The van der Waals surface area contributed by atoms with E-state index in [0.29, 0.717) is 15.0 Å². The van der Waals surface area contributed by atoms with Crippen LogP contribution in [0.25, 0.3) is 0 Å². The van der Waals surface area contributed by atoms with Crippen molar-refractivity contribution < 1.29 is 4.74 Å². The van der Waals surface area contributed by atoms with Crippen molar-refractivity contribution >= 4 is 31.2 Å². The molecule has 0 saturated carbocycles. The molecule has 0 aliphatic carbocycles. The molecule has 0 amide bonds. The number of nitrogens with zero attached hydrogens (tertiary/aromatic N) is 3. The maximum absolute atomic E-state index is 5.49. The van der Waals surface area contributed by atoms with Gasteiger partial charge in [-0.2, -0.15) is 0 Å². The van der Waals surface area contributed by atoms with Gasteiger partial charge in [-0.25, -0.2) is 0 Å². The standard InChI is InChI=1S/C19H19N3OSe/c1-2-6-15(7-3-1)18-20-17-9-5-4-8-16(17)14-24-19(21-18)22-10-12-23-13-11-22/h1-9H,10-14H2. The molecule has 2 aliphatic heterocycles. The zero-order valence-corrected chi connectivity index (χ0v) is 15.1. The van der Waals surface area contributed by atoms with E-state index in [1.165, 1.54) is 10.3 Å². The molecule has 122 valence electrons. The van der Waals surface area contributed by atoms with E-state index < -0.39 is 0 Å². The van der Waals surface area contributed by atoms with Crippen LogP contribution in [0.4, 0.5) is 5.69 Å². The molecule has 0 atom stereocenters. The summed E-state index contributed by atoms with van der Waals surface area (Å²) in [5.74, 6) is 0.811. The number of rotatable bonds is 1. The van der Waals surface area contributed by atoms with Crippen LogP contribution in [-0.4, -0.2) is 56.7 Å². The molecule has 1 fully saturated rings. The van der Waals surface area contributed by atoms with E-state index in [1.807, 2.05) is 24.3 Å². The Balaban J connectivity index is 1.78. The molecule has 2 aromatic rings. The van der Waals surface area contributed by atoms with Gasteiger partial charge in [0.05, 0.1) is 0 Å². The second-order valence-corrected chi connectivity index (χ2v) is 7.69. The molecule has 0 aromatic heterocycles. The quantitative estimate of drug-likeness (QED) is 0.709. The Labute approximate surface area is 148 Å². The first-order valence-corrected chi connectivity index (χ1v) is 10.2. The molecule has 0 unspecified atom stereocenters. The minimum absolute atomic E-state index is 0.295. The van der Waals surface area contributed by atoms with Gasteiger partial charge < -0.3 is 0 Å². The number of para-hydroxylation sites is 1. The van der Waals surface area contributed by atoms with E-state index >= 15 is 0 Å². The summed E-state index contributed by atoms with van der Waals surface area (Å²) in [5.41, 5.74) is 3.42. The first-order chi connectivity index (χ1) is 11.9. The number of aliphatic imine (C=N–C) groups is 2. The van der Waals surface area contributed by atoms with E-state index in [1.54, 1.807) is 0 Å². The summed E-state index contributed by atoms with van der Waals surface area (Å²) < 4.78 is 6.68. The van der Waals surface area contributed by atoms with Crippen molar-refractivity contribution in [2.24, 2.45) is 9.98 Å². The Kier molecular flexibility index (Phi) is 4.74. The zero-order valence-electron chi connectivity index (χ0n) is 13.4. The Morgan fingerprint density at radius 3 is 2.46 bits per heavy atom. The zero-order chi connectivity index (χ0) is 16.2. The molecule has 1 saturated heterocycles. The normalized spacial score (nSPS) is 18.1. The van der Waals surface area contributed by atoms with Crippen molar-refractivity contribution in [2.45, 2.75) is 5.32 Å². The first-order valence-electron chi connectivity index (χ1n) is 8.16. The SMILES string of the molecule is c1ccc(C2=Nc3ccccc3C[Se]C(N3CCOCC3)=N2)cc1. The van der Waals surface area contributed by atoms with Gasteiger partial charge in [0.15, 0.2) is 0 Å².